The van der Waals surface area contributed by atoms with Gasteiger partial charge in [0.25, 0.3) is 0 Å². The van der Waals surface area contributed by atoms with E-state index in [1.807, 2.05) is 45.2 Å². The van der Waals surface area contributed by atoms with E-state index in [1.165, 1.54) is 0 Å². The Labute approximate surface area is 118 Å². The quantitative estimate of drug-likeness (QED) is 0.803. The van der Waals surface area contributed by atoms with Crippen LogP contribution in [0.1, 0.15) is 34.2 Å². The monoisotopic (exact) mass is 276 g/mol. The zero-order valence-electron chi connectivity index (χ0n) is 11.4. The summed E-state index contributed by atoms with van der Waals surface area (Å²) in [6, 6.07) is 7.71. The second-order valence-corrected chi connectivity index (χ2v) is 4.96. The molecule has 1 aromatic heterocycles. The number of hydrogen-bond acceptors (Lipinski definition) is 2. The normalized spacial score (nSPS) is 10.7. The van der Waals surface area contributed by atoms with Crippen LogP contribution in [0.25, 0.3) is 0 Å². The molecule has 0 fully saturated rings. The van der Waals surface area contributed by atoms with Crippen LogP contribution in [-0.4, -0.2) is 15.6 Å². The number of carbonyl (C=O) groups excluding carboxylic acids is 1. The van der Waals surface area contributed by atoms with Crippen molar-refractivity contribution in [2.75, 3.05) is 0 Å². The highest BCUT2D eigenvalue weighted by Crippen LogP contribution is 2.22. The van der Waals surface area contributed by atoms with Gasteiger partial charge in [-0.25, -0.2) is 0 Å². The smallest absolute Gasteiger partial charge is 0.169 e. The van der Waals surface area contributed by atoms with Crippen molar-refractivity contribution < 1.29 is 4.79 Å². The van der Waals surface area contributed by atoms with E-state index in [2.05, 4.69) is 5.10 Å². The first kappa shape index (κ1) is 13.8. The third-order valence-corrected chi connectivity index (χ3v) is 3.78. The number of aryl methyl sites for hydroxylation is 3. The summed E-state index contributed by atoms with van der Waals surface area (Å²) in [5, 5.41) is 4.82. The van der Waals surface area contributed by atoms with Crippen LogP contribution in [0, 0.1) is 6.92 Å². The molecular weight excluding hydrogens is 260 g/mol. The molecule has 0 saturated heterocycles. The van der Waals surface area contributed by atoms with Crippen molar-refractivity contribution in [3.05, 3.63) is 51.8 Å². The summed E-state index contributed by atoms with van der Waals surface area (Å²) in [5.41, 5.74) is 3.38. The number of hydrogen-bond donors (Lipinski definition) is 0. The maximum atomic E-state index is 12.4. The highest BCUT2D eigenvalue weighted by Gasteiger charge is 2.17. The summed E-state index contributed by atoms with van der Waals surface area (Å²) in [6.07, 6.45) is 1.13. The van der Waals surface area contributed by atoms with E-state index in [1.54, 1.807) is 4.68 Å². The van der Waals surface area contributed by atoms with Crippen molar-refractivity contribution in [1.82, 2.24) is 9.78 Å². The number of ketones is 1. The molecule has 0 N–H and O–H groups in total. The molecule has 0 bridgehead atoms. The summed E-state index contributed by atoms with van der Waals surface area (Å²) < 4.78 is 1.68. The van der Waals surface area contributed by atoms with Gasteiger partial charge in [0, 0.05) is 12.6 Å². The minimum Gasteiger partial charge on any atom is -0.294 e. The van der Waals surface area contributed by atoms with E-state index in [4.69, 9.17) is 11.6 Å². The molecule has 0 spiro atoms. The van der Waals surface area contributed by atoms with Crippen molar-refractivity contribution in [2.24, 2.45) is 7.05 Å². The molecule has 0 unspecified atom stereocenters. The van der Waals surface area contributed by atoms with Gasteiger partial charge < -0.3 is 0 Å². The number of benzene rings is 1. The minimum absolute atomic E-state index is 0.0855. The fraction of sp³-hybridized carbons (Fsp3) is 0.333. The second-order valence-electron chi connectivity index (χ2n) is 4.58. The van der Waals surface area contributed by atoms with Gasteiger partial charge >= 0.3 is 0 Å². The molecule has 1 aromatic carbocycles. The Morgan fingerprint density at radius 1 is 1.37 bits per heavy atom. The Balaban J connectivity index is 2.31. The molecule has 0 radical (unpaired) electrons. The van der Waals surface area contributed by atoms with Gasteiger partial charge in [0.2, 0.25) is 0 Å². The molecule has 1 heterocycles. The van der Waals surface area contributed by atoms with Gasteiger partial charge in [-0.2, -0.15) is 5.10 Å². The van der Waals surface area contributed by atoms with Gasteiger partial charge in [-0.05, 0) is 18.9 Å². The zero-order valence-corrected chi connectivity index (χ0v) is 12.2. The number of rotatable bonds is 4. The first-order chi connectivity index (χ1) is 9.04. The van der Waals surface area contributed by atoms with Crippen molar-refractivity contribution in [3.8, 4) is 0 Å². The third kappa shape index (κ3) is 2.71. The Hall–Kier alpha value is -1.61. The lowest BCUT2D eigenvalue weighted by atomic mass is 9.99. The lowest BCUT2D eigenvalue weighted by molar-refractivity contribution is 0.0990. The largest absolute Gasteiger partial charge is 0.294 e. The number of aromatic nitrogens is 2. The summed E-state index contributed by atoms with van der Waals surface area (Å²) in [6.45, 7) is 3.89. The molecule has 0 atom stereocenters. The van der Waals surface area contributed by atoms with Crippen LogP contribution in [0.5, 0.6) is 0 Å². The molecule has 0 saturated carbocycles. The van der Waals surface area contributed by atoms with Crippen molar-refractivity contribution >= 4 is 17.4 Å². The summed E-state index contributed by atoms with van der Waals surface area (Å²) in [4.78, 5) is 12.4. The van der Waals surface area contributed by atoms with E-state index in [0.717, 1.165) is 28.9 Å². The molecule has 100 valence electrons. The standard InChI is InChI=1S/C15H17ClN2O/c1-4-11-7-5-6-8-12(11)14(19)9-13-15(16)10(2)17-18(13)3/h5-8H,4,9H2,1-3H3. The van der Waals surface area contributed by atoms with Crippen LogP contribution < -0.4 is 0 Å². The van der Waals surface area contributed by atoms with Crippen molar-refractivity contribution in [2.45, 2.75) is 26.7 Å². The molecule has 2 aromatic rings. The number of nitrogens with zero attached hydrogens (tertiary/aromatic N) is 2. The van der Waals surface area contributed by atoms with Crippen LogP contribution in [0.3, 0.4) is 0 Å². The fourth-order valence-corrected chi connectivity index (χ4v) is 2.45. The van der Waals surface area contributed by atoms with Gasteiger partial charge in [-0.15, -0.1) is 0 Å². The Kier molecular flexibility index (Phi) is 4.05. The molecule has 0 amide bonds. The van der Waals surface area contributed by atoms with E-state index in [-0.39, 0.29) is 12.2 Å². The van der Waals surface area contributed by atoms with Crippen LogP contribution in [0.4, 0.5) is 0 Å². The Bertz CT molecular complexity index is 617. The first-order valence-electron chi connectivity index (χ1n) is 6.33. The predicted molar refractivity (Wildman–Crippen MR) is 76.8 cm³/mol. The predicted octanol–water partition coefficient (Wildman–Crippen LogP) is 3.37. The SMILES string of the molecule is CCc1ccccc1C(=O)Cc1c(Cl)c(C)nn1C. The minimum atomic E-state index is 0.0855. The molecule has 3 nitrogen and oxygen atoms in total. The number of halogens is 1. The maximum absolute atomic E-state index is 12.4. The second kappa shape index (κ2) is 5.57. The third-order valence-electron chi connectivity index (χ3n) is 3.29. The average Bonchev–Trinajstić information content (AvgIpc) is 2.65. The highest BCUT2D eigenvalue weighted by molar-refractivity contribution is 6.32. The zero-order chi connectivity index (χ0) is 14.0. The topological polar surface area (TPSA) is 34.9 Å². The van der Waals surface area contributed by atoms with Gasteiger partial charge in [-0.3, -0.25) is 9.48 Å². The van der Waals surface area contributed by atoms with Crippen LogP contribution in [0.15, 0.2) is 24.3 Å². The maximum Gasteiger partial charge on any atom is 0.169 e. The number of Topliss-reactive ketones (excluding diaryl/α,β-unsaturated/α-hetero) is 1. The van der Waals surface area contributed by atoms with E-state index >= 15 is 0 Å². The molecule has 4 heteroatoms. The summed E-state index contributed by atoms with van der Waals surface area (Å²) in [5.74, 6) is 0.0855. The van der Waals surface area contributed by atoms with Crippen molar-refractivity contribution in [1.29, 1.82) is 0 Å². The van der Waals surface area contributed by atoms with Gasteiger partial charge in [0.1, 0.15) is 0 Å². The van der Waals surface area contributed by atoms with E-state index < -0.39 is 0 Å². The van der Waals surface area contributed by atoms with Gasteiger partial charge in [-0.1, -0.05) is 42.8 Å². The van der Waals surface area contributed by atoms with E-state index in [9.17, 15) is 4.79 Å². The van der Waals surface area contributed by atoms with Crippen LogP contribution in [-0.2, 0) is 19.9 Å². The van der Waals surface area contributed by atoms with Crippen LogP contribution in [0.2, 0.25) is 5.02 Å². The van der Waals surface area contributed by atoms with Crippen LogP contribution >= 0.6 is 11.6 Å². The molecular formula is C15H17ClN2O. The van der Waals surface area contributed by atoms with Gasteiger partial charge in [0.15, 0.2) is 5.78 Å². The number of carbonyl (C=O) groups is 1. The lowest BCUT2D eigenvalue weighted by Crippen LogP contribution is -2.10. The lowest BCUT2D eigenvalue weighted by Gasteiger charge is -2.07. The fourth-order valence-electron chi connectivity index (χ4n) is 2.22. The van der Waals surface area contributed by atoms with Crippen molar-refractivity contribution in [3.63, 3.8) is 0 Å². The Morgan fingerprint density at radius 3 is 2.63 bits per heavy atom. The molecule has 0 aliphatic carbocycles. The molecule has 2 rings (SSSR count). The highest BCUT2D eigenvalue weighted by atomic mass is 35.5. The average molecular weight is 277 g/mol. The van der Waals surface area contributed by atoms with E-state index in [0.29, 0.717) is 5.02 Å². The Morgan fingerprint density at radius 2 is 2.05 bits per heavy atom. The summed E-state index contributed by atoms with van der Waals surface area (Å²) >= 11 is 6.18. The summed E-state index contributed by atoms with van der Waals surface area (Å²) in [7, 11) is 1.81. The molecule has 19 heavy (non-hydrogen) atoms. The van der Waals surface area contributed by atoms with Gasteiger partial charge in [0.05, 0.1) is 22.8 Å². The molecule has 0 aliphatic rings. The molecule has 0 aliphatic heterocycles. The first-order valence-corrected chi connectivity index (χ1v) is 6.71.